The molecular weight excluding hydrogens is 268 g/mol. The maximum atomic E-state index is 12.0. The van der Waals surface area contributed by atoms with Crippen molar-refractivity contribution in [1.29, 1.82) is 0 Å². The Labute approximate surface area is 111 Å². The van der Waals surface area contributed by atoms with Gasteiger partial charge in [-0.05, 0) is 6.42 Å². The fourth-order valence-corrected chi connectivity index (χ4v) is 4.18. The molecule has 0 amide bonds. The van der Waals surface area contributed by atoms with Gasteiger partial charge in [-0.25, -0.2) is 9.59 Å². The number of carbonyl (C=O) groups excluding carboxylic acids is 2. The summed E-state index contributed by atoms with van der Waals surface area (Å²) < 4.78 is 4.61. The quantitative estimate of drug-likeness (QED) is 0.526. The number of carbonyl (C=O) groups is 4. The first-order valence-electron chi connectivity index (χ1n) is 6.05. The number of hydrogen-bond acceptors (Lipinski definition) is 5. The maximum absolute atomic E-state index is 12.0. The zero-order valence-electron chi connectivity index (χ0n) is 9.95. The first kappa shape index (κ1) is 11.4. The van der Waals surface area contributed by atoms with Crippen LogP contribution in [0.1, 0.15) is 6.42 Å². The Hall–Kier alpha value is -2.44. The fourth-order valence-electron chi connectivity index (χ4n) is 4.18. The van der Waals surface area contributed by atoms with E-state index >= 15 is 0 Å². The van der Waals surface area contributed by atoms with Crippen LogP contribution in [0.5, 0.6) is 0 Å². The third-order valence-corrected chi connectivity index (χ3v) is 5.04. The smallest absolute Gasteiger partial charge is 0.331 e. The van der Waals surface area contributed by atoms with E-state index in [-0.39, 0.29) is 23.5 Å². The van der Waals surface area contributed by atoms with Gasteiger partial charge >= 0.3 is 23.9 Å². The van der Waals surface area contributed by atoms with E-state index in [0.29, 0.717) is 0 Å². The molecular formula is C13H8O7. The van der Waals surface area contributed by atoms with Crippen LogP contribution >= 0.6 is 0 Å². The number of hydrogen-bond donors (Lipinski definition) is 2. The van der Waals surface area contributed by atoms with Gasteiger partial charge < -0.3 is 14.9 Å². The van der Waals surface area contributed by atoms with Crippen LogP contribution in [-0.4, -0.2) is 34.1 Å². The van der Waals surface area contributed by atoms with Gasteiger partial charge in [0.15, 0.2) is 0 Å². The Morgan fingerprint density at radius 1 is 1.05 bits per heavy atom. The van der Waals surface area contributed by atoms with Crippen LogP contribution in [0.3, 0.4) is 0 Å². The van der Waals surface area contributed by atoms with Crippen LogP contribution in [0.2, 0.25) is 0 Å². The topological polar surface area (TPSA) is 118 Å². The van der Waals surface area contributed by atoms with Crippen molar-refractivity contribution < 1.29 is 34.1 Å². The number of carboxylic acids is 2. The molecule has 2 unspecified atom stereocenters. The minimum Gasteiger partial charge on any atom is -0.478 e. The first-order chi connectivity index (χ1) is 9.36. The van der Waals surface area contributed by atoms with Crippen molar-refractivity contribution in [2.24, 2.45) is 22.7 Å². The van der Waals surface area contributed by atoms with Crippen LogP contribution < -0.4 is 0 Å². The average Bonchev–Trinajstić information content (AvgIpc) is 2.97. The minimum absolute atomic E-state index is 0.138. The molecule has 2 atom stereocenters. The third kappa shape index (κ3) is 0.843. The molecule has 2 N–H and O–H groups in total. The van der Waals surface area contributed by atoms with Crippen molar-refractivity contribution in [3.05, 3.63) is 23.3 Å². The van der Waals surface area contributed by atoms with E-state index in [4.69, 9.17) is 0 Å². The summed E-state index contributed by atoms with van der Waals surface area (Å²) >= 11 is 0. The van der Waals surface area contributed by atoms with Gasteiger partial charge in [-0.1, -0.05) is 12.2 Å². The Kier molecular flexibility index (Phi) is 1.62. The molecule has 2 spiro atoms. The standard InChI is InChI=1S/C13H8O7/c14-8(15)5-2-12-7-1-4(5)6(9(16)17)3-13(7,12)11(19)20-10(12)18/h2-4,7H,1H2,(H,14,15)(H,16,17). The number of fused-ring (bicyclic) bond motifs is 1. The molecule has 7 nitrogen and oxygen atoms in total. The van der Waals surface area contributed by atoms with Crippen molar-refractivity contribution in [3.8, 4) is 0 Å². The summed E-state index contributed by atoms with van der Waals surface area (Å²) in [5, 5.41) is 18.5. The summed E-state index contributed by atoms with van der Waals surface area (Å²) in [7, 11) is 0. The molecule has 1 saturated carbocycles. The summed E-state index contributed by atoms with van der Waals surface area (Å²) in [5.41, 5.74) is -2.88. The summed E-state index contributed by atoms with van der Waals surface area (Å²) in [5.74, 6) is -5.24. The van der Waals surface area contributed by atoms with Crippen molar-refractivity contribution in [3.63, 3.8) is 0 Å². The normalized spacial score (nSPS) is 43.2. The number of carboxylic acid groups (broad SMARTS) is 2. The highest BCUT2D eigenvalue weighted by atomic mass is 16.6. The lowest BCUT2D eigenvalue weighted by atomic mass is 9.77. The zero-order chi connectivity index (χ0) is 14.4. The molecule has 1 heterocycles. The zero-order valence-corrected chi connectivity index (χ0v) is 9.95. The summed E-state index contributed by atoms with van der Waals surface area (Å²) in [6.07, 6.45) is 2.67. The van der Waals surface area contributed by atoms with E-state index in [1.165, 1.54) is 12.2 Å². The molecule has 20 heavy (non-hydrogen) atoms. The fraction of sp³-hybridized carbons (Fsp3) is 0.385. The Morgan fingerprint density at radius 2 is 1.50 bits per heavy atom. The highest BCUT2D eigenvalue weighted by molar-refractivity contribution is 6.13. The van der Waals surface area contributed by atoms with Gasteiger partial charge in [0.2, 0.25) is 0 Å². The van der Waals surface area contributed by atoms with Gasteiger partial charge in [0, 0.05) is 23.0 Å². The van der Waals surface area contributed by atoms with Crippen LogP contribution in [-0.2, 0) is 23.9 Å². The van der Waals surface area contributed by atoms with Crippen molar-refractivity contribution in [2.75, 3.05) is 0 Å². The van der Waals surface area contributed by atoms with E-state index in [2.05, 4.69) is 4.74 Å². The molecule has 1 aliphatic heterocycles. The SMILES string of the molecule is O=C(O)C1=CC23C(=O)OC(=O)C24C=C(C(=O)O)C1CC34. The van der Waals surface area contributed by atoms with Crippen LogP contribution in [0.15, 0.2) is 23.3 Å². The largest absolute Gasteiger partial charge is 0.478 e. The van der Waals surface area contributed by atoms with E-state index in [0.717, 1.165) is 0 Å². The van der Waals surface area contributed by atoms with Gasteiger partial charge in [-0.3, -0.25) is 9.59 Å². The van der Waals surface area contributed by atoms with Gasteiger partial charge in [0.25, 0.3) is 0 Å². The molecule has 7 heteroatoms. The van der Waals surface area contributed by atoms with E-state index in [1.807, 2.05) is 0 Å². The van der Waals surface area contributed by atoms with Crippen molar-refractivity contribution in [2.45, 2.75) is 6.42 Å². The van der Waals surface area contributed by atoms with Crippen LogP contribution in [0.4, 0.5) is 0 Å². The second-order valence-electron chi connectivity index (χ2n) is 5.57. The van der Waals surface area contributed by atoms with Crippen LogP contribution in [0.25, 0.3) is 0 Å². The number of esters is 2. The Balaban J connectivity index is 2.03. The van der Waals surface area contributed by atoms with Gasteiger partial charge in [0.05, 0.1) is 0 Å². The molecule has 0 aromatic heterocycles. The number of ether oxygens (including phenoxy) is 1. The van der Waals surface area contributed by atoms with Crippen LogP contribution in [0, 0.1) is 22.7 Å². The molecule has 2 fully saturated rings. The number of aliphatic carboxylic acids is 2. The summed E-state index contributed by atoms with van der Waals surface area (Å²) in [6.45, 7) is 0. The minimum atomic E-state index is -1.30. The third-order valence-electron chi connectivity index (χ3n) is 5.04. The summed E-state index contributed by atoms with van der Waals surface area (Å²) in [6, 6.07) is 0. The molecule has 4 aliphatic rings. The molecule has 4 rings (SSSR count). The predicted octanol–water partition coefficient (Wildman–Crippen LogP) is -0.272. The maximum Gasteiger partial charge on any atom is 0.331 e. The molecule has 0 aromatic carbocycles. The Morgan fingerprint density at radius 3 is 1.90 bits per heavy atom. The molecule has 102 valence electrons. The lowest BCUT2D eigenvalue weighted by molar-refractivity contribution is -0.158. The highest BCUT2D eigenvalue weighted by Gasteiger charge is 2.90. The molecule has 2 bridgehead atoms. The Bertz CT molecular complexity index is 644. The van der Waals surface area contributed by atoms with Crippen molar-refractivity contribution in [1.82, 2.24) is 0 Å². The second-order valence-corrected chi connectivity index (χ2v) is 5.57. The van der Waals surface area contributed by atoms with Gasteiger partial charge in [0.1, 0.15) is 10.8 Å². The second kappa shape index (κ2) is 2.84. The first-order valence-corrected chi connectivity index (χ1v) is 6.05. The highest BCUT2D eigenvalue weighted by Crippen LogP contribution is 2.81. The monoisotopic (exact) mass is 276 g/mol. The molecule has 3 aliphatic carbocycles. The average molecular weight is 276 g/mol. The molecule has 0 radical (unpaired) electrons. The molecule has 1 saturated heterocycles. The van der Waals surface area contributed by atoms with E-state index in [9.17, 15) is 29.4 Å². The van der Waals surface area contributed by atoms with E-state index in [1.54, 1.807) is 0 Å². The predicted molar refractivity (Wildman–Crippen MR) is 59.0 cm³/mol. The number of rotatable bonds is 2. The van der Waals surface area contributed by atoms with Gasteiger partial charge in [-0.15, -0.1) is 0 Å². The lowest BCUT2D eigenvalue weighted by Crippen LogP contribution is -2.31. The van der Waals surface area contributed by atoms with Crippen molar-refractivity contribution >= 4 is 23.9 Å². The van der Waals surface area contributed by atoms with Gasteiger partial charge in [-0.2, -0.15) is 0 Å². The number of cyclic esters (lactones) is 2. The van der Waals surface area contributed by atoms with E-state index < -0.39 is 40.6 Å². The lowest BCUT2D eigenvalue weighted by Gasteiger charge is -2.27. The molecule has 0 aromatic rings. The summed E-state index contributed by atoms with van der Waals surface area (Å²) in [4.78, 5) is 46.5.